The molecule has 0 aliphatic heterocycles. The molecule has 1 atom stereocenters. The van der Waals surface area contributed by atoms with Crippen molar-refractivity contribution >= 4 is 26.8 Å². The van der Waals surface area contributed by atoms with Crippen LogP contribution in [0.4, 0.5) is 0 Å². The van der Waals surface area contributed by atoms with E-state index in [1.54, 1.807) is 0 Å². The van der Waals surface area contributed by atoms with Crippen LogP contribution in [-0.2, 0) is 34.0 Å². The lowest BCUT2D eigenvalue weighted by Gasteiger charge is -2.10. The van der Waals surface area contributed by atoms with Gasteiger partial charge in [0.1, 0.15) is 0 Å². The Morgan fingerprint density at radius 3 is 1.43 bits per heavy atom. The third kappa shape index (κ3) is 20.0. The maximum absolute atomic E-state index is 10.8. The summed E-state index contributed by atoms with van der Waals surface area (Å²) in [6.45, 7) is 0.00792. The van der Waals surface area contributed by atoms with Gasteiger partial charge in [-0.2, -0.15) is 16.8 Å². The molecule has 0 aliphatic carbocycles. The summed E-state index contributed by atoms with van der Waals surface area (Å²) in [4.78, 5) is 10.8. The van der Waals surface area contributed by atoms with Crippen LogP contribution in [0, 0.1) is 0 Å². The first-order valence-corrected chi connectivity index (χ1v) is 12.2. The highest BCUT2D eigenvalue weighted by molar-refractivity contribution is 7.81. The molecule has 28 heavy (non-hydrogen) atoms. The van der Waals surface area contributed by atoms with Crippen LogP contribution in [0.3, 0.4) is 0 Å². The van der Waals surface area contributed by atoms with Gasteiger partial charge in [-0.05, 0) is 12.8 Å². The highest BCUT2D eigenvalue weighted by Gasteiger charge is 2.23. The zero-order chi connectivity index (χ0) is 21.5. The Labute approximate surface area is 167 Å². The summed E-state index contributed by atoms with van der Waals surface area (Å²) in [5.41, 5.74) is 0. The first kappa shape index (κ1) is 27.2. The summed E-state index contributed by atoms with van der Waals surface area (Å²) in [5, 5.41) is 8.83. The molecule has 0 fully saturated rings. The number of carboxylic acid groups (broad SMARTS) is 1. The minimum atomic E-state index is -4.76. The lowest BCUT2D eigenvalue weighted by molar-refractivity contribution is -0.145. The zero-order valence-corrected chi connectivity index (χ0v) is 17.6. The molecule has 0 heterocycles. The fourth-order valence-electron chi connectivity index (χ4n) is 2.72. The number of carbonyl (C=O) groups is 1. The first-order valence-electron chi connectivity index (χ1n) is 9.51. The number of hydrogen-bond acceptors (Lipinski definition) is 7. The molecule has 0 aromatic rings. The normalized spacial score (nSPS) is 13.5. The molecular weight excluding hydrogens is 416 g/mol. The first-order chi connectivity index (χ1) is 13.0. The predicted octanol–water partition coefficient (Wildman–Crippen LogP) is 3.15. The third-order valence-corrected chi connectivity index (χ3v) is 5.05. The monoisotopic (exact) mass is 448 g/mol. The van der Waals surface area contributed by atoms with E-state index in [9.17, 15) is 21.6 Å². The Bertz CT molecular complexity index is 615. The van der Waals surface area contributed by atoms with E-state index in [4.69, 9.17) is 14.2 Å². The quantitative estimate of drug-likeness (QED) is 0.197. The molecule has 0 aromatic carbocycles. The van der Waals surface area contributed by atoms with E-state index < -0.39 is 32.9 Å². The van der Waals surface area contributed by atoms with Gasteiger partial charge >= 0.3 is 26.8 Å². The van der Waals surface area contributed by atoms with Crippen LogP contribution < -0.4 is 0 Å². The number of carboxylic acids is 1. The smallest absolute Gasteiger partial charge is 0.398 e. The summed E-state index contributed by atoms with van der Waals surface area (Å²) in [5.74, 6) is -1.41. The molecule has 12 heteroatoms. The molecule has 0 saturated heterocycles. The Hall–Kier alpha value is -0.790. The van der Waals surface area contributed by atoms with E-state index in [1.807, 2.05) is 0 Å². The second-order valence-corrected chi connectivity index (χ2v) is 8.77. The topological polar surface area (TPSA) is 164 Å². The highest BCUT2D eigenvalue weighted by atomic mass is 32.3. The third-order valence-electron chi connectivity index (χ3n) is 4.11. The Kier molecular flexibility index (Phi) is 14.7. The van der Waals surface area contributed by atoms with E-state index in [2.05, 4.69) is 8.37 Å². The van der Waals surface area contributed by atoms with Crippen LogP contribution in [0.15, 0.2) is 0 Å². The lowest BCUT2D eigenvalue weighted by atomic mass is 10.0. The molecule has 168 valence electrons. The second-order valence-electron chi connectivity index (χ2n) is 6.63. The van der Waals surface area contributed by atoms with Crippen LogP contribution in [0.25, 0.3) is 0 Å². The van der Waals surface area contributed by atoms with Gasteiger partial charge in [0.2, 0.25) is 0 Å². The van der Waals surface area contributed by atoms with Gasteiger partial charge in [-0.25, -0.2) is 13.2 Å². The van der Waals surface area contributed by atoms with Crippen molar-refractivity contribution < 1.29 is 44.2 Å². The fraction of sp³-hybridized carbons (Fsp3) is 0.938. The molecule has 0 aliphatic rings. The minimum absolute atomic E-state index is 0.00792. The van der Waals surface area contributed by atoms with Crippen molar-refractivity contribution in [2.45, 2.75) is 89.6 Å². The van der Waals surface area contributed by atoms with Gasteiger partial charge in [0.05, 0.1) is 6.61 Å². The lowest BCUT2D eigenvalue weighted by Crippen LogP contribution is -2.26. The maximum Gasteiger partial charge on any atom is 0.398 e. The van der Waals surface area contributed by atoms with Crippen molar-refractivity contribution in [1.29, 1.82) is 0 Å². The SMILES string of the molecule is O=C(O)C(CCCCCCCCCCCCCCOS(=O)(=O)O)OS(=O)(=O)O. The van der Waals surface area contributed by atoms with Crippen LogP contribution in [0.1, 0.15) is 83.5 Å². The van der Waals surface area contributed by atoms with Gasteiger partial charge in [-0.1, -0.05) is 70.6 Å². The highest BCUT2D eigenvalue weighted by Crippen LogP contribution is 2.14. The summed E-state index contributed by atoms with van der Waals surface area (Å²) in [6.07, 6.45) is 9.61. The van der Waals surface area contributed by atoms with Crippen molar-refractivity contribution in [3.63, 3.8) is 0 Å². The molecule has 0 bridgehead atoms. The van der Waals surface area contributed by atoms with E-state index in [0.717, 1.165) is 64.2 Å². The largest absolute Gasteiger partial charge is 0.479 e. The van der Waals surface area contributed by atoms with Crippen LogP contribution in [-0.4, -0.2) is 49.7 Å². The summed E-state index contributed by atoms with van der Waals surface area (Å²) < 4.78 is 67.0. The van der Waals surface area contributed by atoms with Gasteiger partial charge in [0, 0.05) is 0 Å². The van der Waals surface area contributed by atoms with E-state index >= 15 is 0 Å². The Morgan fingerprint density at radius 2 is 1.07 bits per heavy atom. The molecular formula is C16H32O10S2. The van der Waals surface area contributed by atoms with Crippen LogP contribution in [0.5, 0.6) is 0 Å². The predicted molar refractivity (Wildman–Crippen MR) is 102 cm³/mol. The molecule has 0 radical (unpaired) electrons. The van der Waals surface area contributed by atoms with Crippen molar-refractivity contribution in [3.8, 4) is 0 Å². The van der Waals surface area contributed by atoms with Crippen molar-refractivity contribution in [2.24, 2.45) is 0 Å². The minimum Gasteiger partial charge on any atom is -0.479 e. The molecule has 0 aromatic heterocycles. The van der Waals surface area contributed by atoms with Gasteiger partial charge in [-0.15, -0.1) is 0 Å². The van der Waals surface area contributed by atoms with Gasteiger partial charge in [0.25, 0.3) is 0 Å². The molecule has 0 amide bonds. The standard InChI is InChI=1S/C16H32O10S2/c17-16(18)15(26-28(22,23)24)13-11-9-7-5-3-1-2-4-6-8-10-12-14-25-27(19,20)21/h15H,1-14H2,(H,17,18)(H,19,20,21)(H,22,23,24). The van der Waals surface area contributed by atoms with E-state index in [1.165, 1.54) is 0 Å². The fourth-order valence-corrected chi connectivity index (χ4v) is 3.52. The number of aliphatic carboxylic acids is 1. The van der Waals surface area contributed by atoms with E-state index in [-0.39, 0.29) is 13.0 Å². The summed E-state index contributed by atoms with van der Waals surface area (Å²) in [7, 11) is -9.09. The average Bonchev–Trinajstić information content (AvgIpc) is 2.55. The molecule has 0 spiro atoms. The zero-order valence-electron chi connectivity index (χ0n) is 16.0. The van der Waals surface area contributed by atoms with Crippen LogP contribution in [0.2, 0.25) is 0 Å². The number of rotatable bonds is 19. The van der Waals surface area contributed by atoms with Gasteiger partial charge in [-0.3, -0.25) is 9.11 Å². The van der Waals surface area contributed by atoms with Crippen molar-refractivity contribution in [2.75, 3.05) is 6.61 Å². The maximum atomic E-state index is 10.8. The number of hydrogen-bond donors (Lipinski definition) is 3. The second kappa shape index (κ2) is 15.1. The Morgan fingerprint density at radius 1 is 0.679 bits per heavy atom. The van der Waals surface area contributed by atoms with Gasteiger partial charge in [0.15, 0.2) is 6.10 Å². The van der Waals surface area contributed by atoms with Gasteiger partial charge < -0.3 is 5.11 Å². The summed E-state index contributed by atoms with van der Waals surface area (Å²) >= 11 is 0. The molecule has 3 N–H and O–H groups in total. The molecule has 1 unspecified atom stereocenters. The number of unbranched alkanes of at least 4 members (excludes halogenated alkanes) is 11. The van der Waals surface area contributed by atoms with Crippen molar-refractivity contribution in [1.82, 2.24) is 0 Å². The molecule has 10 nitrogen and oxygen atoms in total. The Balaban J connectivity index is 3.43. The van der Waals surface area contributed by atoms with Crippen LogP contribution >= 0.6 is 0 Å². The molecule has 0 saturated carbocycles. The van der Waals surface area contributed by atoms with Crippen molar-refractivity contribution in [3.05, 3.63) is 0 Å². The average molecular weight is 449 g/mol. The molecule has 0 rings (SSSR count). The van der Waals surface area contributed by atoms with E-state index in [0.29, 0.717) is 12.8 Å². The summed E-state index contributed by atoms with van der Waals surface area (Å²) in [6, 6.07) is 0.